The van der Waals surface area contributed by atoms with Gasteiger partial charge < -0.3 is 10.6 Å². The summed E-state index contributed by atoms with van der Waals surface area (Å²) in [5.74, 6) is 0. The third-order valence-electron chi connectivity index (χ3n) is 3.83. The second-order valence-electron chi connectivity index (χ2n) is 5.78. The lowest BCUT2D eigenvalue weighted by atomic mass is 10.1. The molecular formula is C19H18N6O. The van der Waals surface area contributed by atoms with Gasteiger partial charge in [0.1, 0.15) is 5.69 Å². The minimum absolute atomic E-state index is 0.294. The quantitative estimate of drug-likeness (QED) is 0.742. The summed E-state index contributed by atoms with van der Waals surface area (Å²) in [7, 11) is 0. The molecule has 0 spiro atoms. The van der Waals surface area contributed by atoms with Crippen LogP contribution in [0.2, 0.25) is 0 Å². The molecule has 3 aromatic rings. The van der Waals surface area contributed by atoms with Crippen LogP contribution in [0.3, 0.4) is 0 Å². The van der Waals surface area contributed by atoms with Crippen LogP contribution < -0.4 is 10.6 Å². The van der Waals surface area contributed by atoms with Gasteiger partial charge in [0, 0.05) is 6.54 Å². The van der Waals surface area contributed by atoms with E-state index in [2.05, 4.69) is 27.0 Å². The van der Waals surface area contributed by atoms with Gasteiger partial charge in [-0.3, -0.25) is 0 Å². The summed E-state index contributed by atoms with van der Waals surface area (Å²) in [6.45, 7) is 2.18. The van der Waals surface area contributed by atoms with E-state index in [1.54, 1.807) is 29.1 Å². The Morgan fingerprint density at radius 2 is 2.04 bits per heavy atom. The minimum Gasteiger partial charge on any atom is -0.334 e. The van der Waals surface area contributed by atoms with Crippen molar-refractivity contribution in [2.75, 3.05) is 0 Å². The summed E-state index contributed by atoms with van der Waals surface area (Å²) in [4.78, 5) is 12.1. The van der Waals surface area contributed by atoms with Gasteiger partial charge in [0.2, 0.25) is 0 Å². The number of nitrogens with one attached hydrogen (secondary N) is 2. The highest BCUT2D eigenvalue weighted by Crippen LogP contribution is 2.11. The first-order valence-electron chi connectivity index (χ1n) is 8.17. The van der Waals surface area contributed by atoms with Crippen LogP contribution >= 0.6 is 0 Å². The molecule has 3 rings (SSSR count). The Morgan fingerprint density at radius 1 is 1.23 bits per heavy atom. The highest BCUT2D eigenvalue weighted by atomic mass is 16.2. The van der Waals surface area contributed by atoms with Crippen molar-refractivity contribution in [2.45, 2.75) is 19.5 Å². The van der Waals surface area contributed by atoms with E-state index in [9.17, 15) is 4.79 Å². The van der Waals surface area contributed by atoms with Crippen molar-refractivity contribution in [1.29, 1.82) is 5.26 Å². The zero-order valence-corrected chi connectivity index (χ0v) is 14.3. The van der Waals surface area contributed by atoms with Crippen molar-refractivity contribution in [3.63, 3.8) is 0 Å². The Morgan fingerprint density at radius 3 is 2.81 bits per heavy atom. The second-order valence-corrected chi connectivity index (χ2v) is 5.78. The standard InChI is InChI=1S/C19H18N6O/c1-14(18-13-25(24-23-18)17-8-3-2-4-9-17)22-19(26)21-12-16-7-5-6-15(10-16)11-20/h2-10,13-14H,12H2,1H3,(H2,21,22,26). The fourth-order valence-corrected chi connectivity index (χ4v) is 2.44. The Labute approximate surface area is 151 Å². The molecule has 0 saturated heterocycles. The molecule has 1 heterocycles. The molecule has 130 valence electrons. The number of urea groups is 1. The van der Waals surface area contributed by atoms with Crippen LogP contribution in [0.25, 0.3) is 5.69 Å². The summed E-state index contributed by atoms with van der Waals surface area (Å²) in [5, 5.41) is 22.7. The summed E-state index contributed by atoms with van der Waals surface area (Å²) in [5.41, 5.74) is 2.99. The molecule has 7 nitrogen and oxygen atoms in total. The molecular weight excluding hydrogens is 328 g/mol. The number of carbonyl (C=O) groups is 1. The molecule has 2 amide bonds. The van der Waals surface area contributed by atoms with Crippen LogP contribution in [0.4, 0.5) is 4.79 Å². The second kappa shape index (κ2) is 7.94. The molecule has 0 bridgehead atoms. The van der Waals surface area contributed by atoms with Crippen LogP contribution in [-0.2, 0) is 6.54 Å². The van der Waals surface area contributed by atoms with Crippen molar-refractivity contribution in [2.24, 2.45) is 0 Å². The van der Waals surface area contributed by atoms with Crippen molar-refractivity contribution < 1.29 is 4.79 Å². The molecule has 0 aliphatic rings. The maximum atomic E-state index is 12.1. The van der Waals surface area contributed by atoms with E-state index in [1.165, 1.54) is 0 Å². The number of hydrogen-bond donors (Lipinski definition) is 2. The lowest BCUT2D eigenvalue weighted by Crippen LogP contribution is -2.36. The summed E-state index contributed by atoms with van der Waals surface area (Å²) >= 11 is 0. The molecule has 26 heavy (non-hydrogen) atoms. The Balaban J connectivity index is 1.56. The van der Waals surface area contributed by atoms with Gasteiger partial charge in [-0.15, -0.1) is 5.10 Å². The van der Waals surface area contributed by atoms with Crippen LogP contribution in [0, 0.1) is 11.3 Å². The SMILES string of the molecule is CC(NC(=O)NCc1cccc(C#N)c1)c1cn(-c2ccccc2)nn1. The first kappa shape index (κ1) is 17.2. The fourth-order valence-electron chi connectivity index (χ4n) is 2.44. The normalized spacial score (nSPS) is 11.4. The van der Waals surface area contributed by atoms with Gasteiger partial charge in [-0.05, 0) is 36.8 Å². The van der Waals surface area contributed by atoms with Crippen LogP contribution in [-0.4, -0.2) is 21.0 Å². The van der Waals surface area contributed by atoms with Gasteiger partial charge in [0.15, 0.2) is 0 Å². The number of para-hydroxylation sites is 1. The molecule has 1 aromatic heterocycles. The van der Waals surface area contributed by atoms with Crippen LogP contribution in [0.1, 0.15) is 29.8 Å². The van der Waals surface area contributed by atoms with Crippen molar-refractivity contribution >= 4 is 6.03 Å². The van der Waals surface area contributed by atoms with E-state index in [-0.39, 0.29) is 12.1 Å². The van der Waals surface area contributed by atoms with E-state index in [0.717, 1.165) is 11.3 Å². The Hall–Kier alpha value is -3.66. The number of nitrogens with zero attached hydrogens (tertiary/aromatic N) is 4. The largest absolute Gasteiger partial charge is 0.334 e. The summed E-state index contributed by atoms with van der Waals surface area (Å²) in [6.07, 6.45) is 1.79. The van der Waals surface area contributed by atoms with Crippen molar-refractivity contribution in [3.05, 3.63) is 77.6 Å². The zero-order chi connectivity index (χ0) is 18.4. The number of carbonyl (C=O) groups excluding carboxylic acids is 1. The van der Waals surface area contributed by atoms with Gasteiger partial charge in [-0.25, -0.2) is 9.48 Å². The highest BCUT2D eigenvalue weighted by molar-refractivity contribution is 5.74. The first-order valence-corrected chi connectivity index (χ1v) is 8.17. The van der Waals surface area contributed by atoms with Crippen LogP contribution in [0.5, 0.6) is 0 Å². The maximum Gasteiger partial charge on any atom is 0.315 e. The van der Waals surface area contributed by atoms with E-state index >= 15 is 0 Å². The molecule has 7 heteroatoms. The third kappa shape index (κ3) is 4.24. The Kier molecular flexibility index (Phi) is 5.25. The molecule has 0 aliphatic carbocycles. The summed E-state index contributed by atoms with van der Waals surface area (Å²) < 4.78 is 1.67. The topological polar surface area (TPSA) is 95.6 Å². The number of benzene rings is 2. The van der Waals surface area contributed by atoms with Crippen LogP contribution in [0.15, 0.2) is 60.8 Å². The number of amides is 2. The van der Waals surface area contributed by atoms with Crippen molar-refractivity contribution in [3.8, 4) is 11.8 Å². The fraction of sp³-hybridized carbons (Fsp3) is 0.158. The molecule has 0 radical (unpaired) electrons. The maximum absolute atomic E-state index is 12.1. The predicted octanol–water partition coefficient (Wildman–Crippen LogP) is 2.70. The average Bonchev–Trinajstić information content (AvgIpc) is 3.18. The van der Waals surface area contributed by atoms with Gasteiger partial charge in [0.25, 0.3) is 0 Å². The zero-order valence-electron chi connectivity index (χ0n) is 14.3. The molecule has 2 aromatic carbocycles. The number of aromatic nitrogens is 3. The van der Waals surface area contributed by atoms with E-state index in [1.807, 2.05) is 43.3 Å². The molecule has 1 unspecified atom stereocenters. The minimum atomic E-state index is -0.311. The van der Waals surface area contributed by atoms with Gasteiger partial charge >= 0.3 is 6.03 Å². The highest BCUT2D eigenvalue weighted by Gasteiger charge is 2.13. The van der Waals surface area contributed by atoms with Gasteiger partial charge in [0.05, 0.1) is 29.6 Å². The number of nitriles is 1. The molecule has 2 N–H and O–H groups in total. The smallest absolute Gasteiger partial charge is 0.315 e. The molecule has 0 saturated carbocycles. The average molecular weight is 346 g/mol. The first-order chi connectivity index (χ1) is 12.7. The van der Waals surface area contributed by atoms with Gasteiger partial charge in [-0.2, -0.15) is 5.26 Å². The van der Waals surface area contributed by atoms with E-state index in [4.69, 9.17) is 5.26 Å². The van der Waals surface area contributed by atoms with E-state index in [0.29, 0.717) is 17.8 Å². The molecule has 0 aliphatic heterocycles. The lowest BCUT2D eigenvalue weighted by Gasteiger charge is -2.12. The molecule has 1 atom stereocenters. The third-order valence-corrected chi connectivity index (χ3v) is 3.83. The Bertz CT molecular complexity index is 928. The predicted molar refractivity (Wildman–Crippen MR) is 96.3 cm³/mol. The summed E-state index contributed by atoms with van der Waals surface area (Å²) in [6, 6.07) is 18.2. The number of rotatable bonds is 5. The van der Waals surface area contributed by atoms with E-state index < -0.39 is 0 Å². The lowest BCUT2D eigenvalue weighted by molar-refractivity contribution is 0.237. The monoisotopic (exact) mass is 346 g/mol. The number of hydrogen-bond acceptors (Lipinski definition) is 4. The van der Waals surface area contributed by atoms with Crippen molar-refractivity contribution in [1.82, 2.24) is 25.6 Å². The van der Waals surface area contributed by atoms with Gasteiger partial charge in [-0.1, -0.05) is 35.5 Å². The molecule has 0 fully saturated rings.